The first-order chi connectivity index (χ1) is 8.03. The van der Waals surface area contributed by atoms with Gasteiger partial charge in [0.05, 0.1) is 16.1 Å². The van der Waals surface area contributed by atoms with Crippen molar-refractivity contribution in [2.75, 3.05) is 13.1 Å². The third kappa shape index (κ3) is 2.18. The van der Waals surface area contributed by atoms with E-state index in [-0.39, 0.29) is 18.0 Å². The average Bonchev–Trinajstić information content (AvgIpc) is 2.80. The number of sulfone groups is 1. The quantitative estimate of drug-likeness (QED) is 0.802. The highest BCUT2D eigenvalue weighted by atomic mass is 32.2. The summed E-state index contributed by atoms with van der Waals surface area (Å²) >= 11 is 0. The maximum absolute atomic E-state index is 12.2. The summed E-state index contributed by atoms with van der Waals surface area (Å²) in [4.78, 5) is 11.2. The Labute approximate surface area is 99.4 Å². The lowest BCUT2D eigenvalue weighted by atomic mass is 10.1. The highest BCUT2D eigenvalue weighted by Gasteiger charge is 2.42. The summed E-state index contributed by atoms with van der Waals surface area (Å²) in [5.41, 5.74) is 0. The molecule has 6 heteroatoms. The Bertz CT molecular complexity index is 512. The van der Waals surface area contributed by atoms with E-state index >= 15 is 0 Å². The number of aliphatic carboxylic acids is 1. The van der Waals surface area contributed by atoms with Gasteiger partial charge in [-0.3, -0.25) is 4.79 Å². The molecule has 1 aromatic carbocycles. The second-order valence-corrected chi connectivity index (χ2v) is 6.17. The second kappa shape index (κ2) is 4.46. The fourth-order valence-corrected chi connectivity index (χ4v) is 3.88. The molecule has 1 fully saturated rings. The molecule has 0 amide bonds. The molecule has 5 nitrogen and oxygen atoms in total. The topological polar surface area (TPSA) is 83.5 Å². The standard InChI is InChI=1S/C11H13NO4S/c13-11(14)9-6-12-7-10(9)17(15,16)8-4-2-1-3-5-8/h1-5,9-10,12H,6-7H2,(H,13,14)/t9-,10-/m1/s1. The number of rotatable bonds is 3. The normalized spacial score (nSPS) is 24.7. The lowest BCUT2D eigenvalue weighted by molar-refractivity contribution is -0.140. The largest absolute Gasteiger partial charge is 0.481 e. The minimum Gasteiger partial charge on any atom is -0.481 e. The van der Waals surface area contributed by atoms with E-state index in [2.05, 4.69) is 5.32 Å². The van der Waals surface area contributed by atoms with Gasteiger partial charge in [-0.25, -0.2) is 8.42 Å². The zero-order valence-corrected chi connectivity index (χ0v) is 9.85. The van der Waals surface area contributed by atoms with Gasteiger partial charge in [-0.1, -0.05) is 18.2 Å². The molecule has 1 aromatic rings. The number of carboxylic acid groups (broad SMARTS) is 1. The lowest BCUT2D eigenvalue weighted by Gasteiger charge is -2.15. The van der Waals surface area contributed by atoms with E-state index in [0.717, 1.165) is 0 Å². The van der Waals surface area contributed by atoms with Gasteiger partial charge in [0, 0.05) is 13.1 Å². The molecule has 2 rings (SSSR count). The molecule has 0 bridgehead atoms. The van der Waals surface area contributed by atoms with Crippen molar-refractivity contribution in [3.05, 3.63) is 30.3 Å². The minimum absolute atomic E-state index is 0.181. The molecule has 0 aliphatic carbocycles. The number of hydrogen-bond donors (Lipinski definition) is 2. The Morgan fingerprint density at radius 1 is 1.24 bits per heavy atom. The zero-order valence-electron chi connectivity index (χ0n) is 9.04. The maximum Gasteiger partial charge on any atom is 0.309 e. The third-order valence-corrected chi connectivity index (χ3v) is 5.17. The van der Waals surface area contributed by atoms with Crippen molar-refractivity contribution in [3.8, 4) is 0 Å². The average molecular weight is 255 g/mol. The number of carboxylic acids is 1. The summed E-state index contributed by atoms with van der Waals surface area (Å²) in [5, 5.41) is 10.9. The van der Waals surface area contributed by atoms with Gasteiger partial charge in [-0.15, -0.1) is 0 Å². The third-order valence-electron chi connectivity index (χ3n) is 2.95. The summed E-state index contributed by atoms with van der Waals surface area (Å²) in [5.74, 6) is -1.94. The van der Waals surface area contributed by atoms with E-state index in [0.29, 0.717) is 0 Å². The Kier molecular flexibility index (Phi) is 3.17. The number of benzene rings is 1. The van der Waals surface area contributed by atoms with E-state index in [1.807, 2.05) is 0 Å². The highest BCUT2D eigenvalue weighted by Crippen LogP contribution is 2.24. The van der Waals surface area contributed by atoms with Crippen LogP contribution in [-0.2, 0) is 14.6 Å². The highest BCUT2D eigenvalue weighted by molar-refractivity contribution is 7.92. The van der Waals surface area contributed by atoms with Crippen LogP contribution in [0.3, 0.4) is 0 Å². The number of carbonyl (C=O) groups is 1. The summed E-state index contributed by atoms with van der Waals surface area (Å²) in [6.45, 7) is 0.389. The van der Waals surface area contributed by atoms with Crippen molar-refractivity contribution in [1.82, 2.24) is 5.32 Å². The van der Waals surface area contributed by atoms with Gasteiger partial charge in [0.15, 0.2) is 9.84 Å². The molecule has 0 aromatic heterocycles. The summed E-state index contributed by atoms with van der Waals surface area (Å²) in [7, 11) is -3.58. The minimum atomic E-state index is -3.58. The van der Waals surface area contributed by atoms with Gasteiger partial charge in [-0.2, -0.15) is 0 Å². The van der Waals surface area contributed by atoms with Gasteiger partial charge in [0.1, 0.15) is 0 Å². The molecule has 2 atom stereocenters. The maximum atomic E-state index is 12.2. The van der Waals surface area contributed by atoms with E-state index < -0.39 is 27.0 Å². The summed E-state index contributed by atoms with van der Waals surface area (Å²) in [6.07, 6.45) is 0. The van der Waals surface area contributed by atoms with Crippen molar-refractivity contribution in [2.24, 2.45) is 5.92 Å². The van der Waals surface area contributed by atoms with Crippen LogP contribution < -0.4 is 5.32 Å². The smallest absolute Gasteiger partial charge is 0.309 e. The predicted octanol–water partition coefficient (Wildman–Crippen LogP) is 0.133. The van der Waals surface area contributed by atoms with Crippen LogP contribution >= 0.6 is 0 Å². The fourth-order valence-electron chi connectivity index (χ4n) is 2.01. The van der Waals surface area contributed by atoms with Crippen molar-refractivity contribution >= 4 is 15.8 Å². The molecule has 0 radical (unpaired) electrons. The van der Waals surface area contributed by atoms with Gasteiger partial charge < -0.3 is 10.4 Å². The van der Waals surface area contributed by atoms with Crippen molar-refractivity contribution in [3.63, 3.8) is 0 Å². The predicted molar refractivity (Wildman–Crippen MR) is 61.4 cm³/mol. The zero-order chi connectivity index (χ0) is 12.5. The molecule has 0 spiro atoms. The van der Waals surface area contributed by atoms with Gasteiger partial charge in [-0.05, 0) is 12.1 Å². The van der Waals surface area contributed by atoms with Crippen LogP contribution in [0.2, 0.25) is 0 Å². The van der Waals surface area contributed by atoms with Crippen LogP contribution in [0.15, 0.2) is 35.2 Å². The number of hydrogen-bond acceptors (Lipinski definition) is 4. The molecule has 1 saturated heterocycles. The van der Waals surface area contributed by atoms with Gasteiger partial charge in [0.2, 0.25) is 0 Å². The van der Waals surface area contributed by atoms with Crippen molar-refractivity contribution < 1.29 is 18.3 Å². The Morgan fingerprint density at radius 2 is 1.88 bits per heavy atom. The molecule has 2 N–H and O–H groups in total. The molecule has 0 unspecified atom stereocenters. The van der Waals surface area contributed by atoms with E-state index in [1.54, 1.807) is 18.2 Å². The van der Waals surface area contributed by atoms with Crippen LogP contribution in [0.5, 0.6) is 0 Å². The molecule has 17 heavy (non-hydrogen) atoms. The lowest BCUT2D eigenvalue weighted by Crippen LogP contribution is -2.33. The van der Waals surface area contributed by atoms with Crippen molar-refractivity contribution in [1.29, 1.82) is 0 Å². The molecule has 0 saturated carbocycles. The molecular weight excluding hydrogens is 242 g/mol. The van der Waals surface area contributed by atoms with Crippen LogP contribution in [0.1, 0.15) is 0 Å². The molecule has 1 aliphatic rings. The first kappa shape index (κ1) is 12.1. The first-order valence-corrected chi connectivity index (χ1v) is 6.80. The molecular formula is C11H13NO4S. The van der Waals surface area contributed by atoms with E-state index in [1.165, 1.54) is 12.1 Å². The van der Waals surface area contributed by atoms with Crippen LogP contribution in [-0.4, -0.2) is 37.8 Å². The second-order valence-electron chi connectivity index (χ2n) is 4.00. The Balaban J connectivity index is 2.37. The Morgan fingerprint density at radius 3 is 2.47 bits per heavy atom. The number of nitrogens with one attached hydrogen (secondary N) is 1. The van der Waals surface area contributed by atoms with Crippen LogP contribution in [0, 0.1) is 5.92 Å². The molecule has 1 heterocycles. The molecule has 92 valence electrons. The summed E-state index contributed by atoms with van der Waals surface area (Å²) < 4.78 is 24.5. The van der Waals surface area contributed by atoms with Crippen LogP contribution in [0.4, 0.5) is 0 Å². The van der Waals surface area contributed by atoms with E-state index in [9.17, 15) is 13.2 Å². The first-order valence-electron chi connectivity index (χ1n) is 5.26. The van der Waals surface area contributed by atoms with Crippen LogP contribution in [0.25, 0.3) is 0 Å². The molecule has 1 aliphatic heterocycles. The van der Waals surface area contributed by atoms with Gasteiger partial charge >= 0.3 is 5.97 Å². The fraction of sp³-hybridized carbons (Fsp3) is 0.364. The van der Waals surface area contributed by atoms with Crippen molar-refractivity contribution in [2.45, 2.75) is 10.1 Å². The summed E-state index contributed by atoms with van der Waals surface area (Å²) in [6, 6.07) is 7.97. The van der Waals surface area contributed by atoms with E-state index in [4.69, 9.17) is 5.11 Å². The van der Waals surface area contributed by atoms with Gasteiger partial charge in [0.25, 0.3) is 0 Å². The Hall–Kier alpha value is -1.40. The monoisotopic (exact) mass is 255 g/mol. The SMILES string of the molecule is O=C(O)[C@@H]1CNC[C@H]1S(=O)(=O)c1ccccc1.